The van der Waals surface area contributed by atoms with E-state index in [1.54, 1.807) is 18.2 Å². The highest BCUT2D eigenvalue weighted by atomic mass is 32.2. The van der Waals surface area contributed by atoms with Crippen LogP contribution in [0.1, 0.15) is 24.8 Å². The molecule has 6 nitrogen and oxygen atoms in total. The number of rotatable bonds is 7. The molecular formula is C15H23N3O3S. The largest absolute Gasteiger partial charge is 0.352 e. The Morgan fingerprint density at radius 3 is 2.91 bits per heavy atom. The second-order valence-electron chi connectivity index (χ2n) is 5.53. The van der Waals surface area contributed by atoms with Crippen LogP contribution in [0.4, 0.5) is 0 Å². The smallest absolute Gasteiger partial charge is 0.240 e. The monoisotopic (exact) mass is 325 g/mol. The summed E-state index contributed by atoms with van der Waals surface area (Å²) in [5.41, 5.74) is 0.771. The van der Waals surface area contributed by atoms with E-state index in [9.17, 15) is 13.2 Å². The Morgan fingerprint density at radius 1 is 1.41 bits per heavy atom. The second-order valence-corrected chi connectivity index (χ2v) is 7.42. The quantitative estimate of drug-likeness (QED) is 0.685. The number of nitrogens with one attached hydrogen (secondary N) is 3. The van der Waals surface area contributed by atoms with E-state index in [1.165, 1.54) is 13.1 Å². The molecule has 1 aromatic rings. The fraction of sp³-hybridized carbons (Fsp3) is 0.533. The van der Waals surface area contributed by atoms with E-state index in [2.05, 4.69) is 15.4 Å². The third kappa shape index (κ3) is 4.79. The standard InChI is InChI=1S/C15H23N3O3S/c1-16-22(20,21)14-4-2-3-13(9-14)11-18-15(19)6-5-12-7-8-17-10-12/h2-4,9,12,16-17H,5-8,10-11H2,1H3,(H,18,19). The first-order valence-corrected chi connectivity index (χ1v) is 8.99. The van der Waals surface area contributed by atoms with Crippen LogP contribution in [-0.4, -0.2) is 34.5 Å². The summed E-state index contributed by atoms with van der Waals surface area (Å²) >= 11 is 0. The number of amides is 1. The van der Waals surface area contributed by atoms with Crippen LogP contribution in [0.3, 0.4) is 0 Å². The van der Waals surface area contributed by atoms with Crippen LogP contribution in [0.2, 0.25) is 0 Å². The minimum Gasteiger partial charge on any atom is -0.352 e. The molecule has 1 amide bonds. The summed E-state index contributed by atoms with van der Waals surface area (Å²) in [4.78, 5) is 12.1. The highest BCUT2D eigenvalue weighted by Gasteiger charge is 2.16. The second kappa shape index (κ2) is 7.71. The first kappa shape index (κ1) is 16.9. The lowest BCUT2D eigenvalue weighted by atomic mass is 10.0. The minimum atomic E-state index is -3.45. The predicted molar refractivity (Wildman–Crippen MR) is 84.7 cm³/mol. The number of carbonyl (C=O) groups is 1. The van der Waals surface area contributed by atoms with Gasteiger partial charge < -0.3 is 10.6 Å². The normalized spacial score (nSPS) is 18.3. The molecular weight excluding hydrogens is 302 g/mol. The molecule has 1 aliphatic heterocycles. The number of sulfonamides is 1. The van der Waals surface area contributed by atoms with Crippen LogP contribution >= 0.6 is 0 Å². The van der Waals surface area contributed by atoms with Crippen molar-refractivity contribution in [2.24, 2.45) is 5.92 Å². The molecule has 1 fully saturated rings. The van der Waals surface area contributed by atoms with Gasteiger partial charge in [0.25, 0.3) is 0 Å². The zero-order valence-corrected chi connectivity index (χ0v) is 13.6. The Kier molecular flexibility index (Phi) is 5.93. The number of hydrogen-bond donors (Lipinski definition) is 3. The maximum Gasteiger partial charge on any atom is 0.240 e. The lowest BCUT2D eigenvalue weighted by Gasteiger charge is -2.09. The molecule has 3 N–H and O–H groups in total. The fourth-order valence-corrected chi connectivity index (χ4v) is 3.33. The molecule has 2 rings (SSSR count). The maximum atomic E-state index is 11.8. The van der Waals surface area contributed by atoms with Gasteiger partial charge in [0.15, 0.2) is 0 Å². The highest BCUT2D eigenvalue weighted by molar-refractivity contribution is 7.89. The maximum absolute atomic E-state index is 11.8. The molecule has 0 radical (unpaired) electrons. The average Bonchev–Trinajstić information content (AvgIpc) is 3.04. The summed E-state index contributed by atoms with van der Waals surface area (Å²) in [6.45, 7) is 2.38. The molecule has 1 atom stereocenters. The van der Waals surface area contributed by atoms with Crippen LogP contribution in [0, 0.1) is 5.92 Å². The fourth-order valence-electron chi connectivity index (χ4n) is 2.53. The van der Waals surface area contributed by atoms with Gasteiger partial charge in [0, 0.05) is 13.0 Å². The molecule has 0 aliphatic carbocycles. The predicted octanol–water partition coefficient (Wildman–Crippen LogP) is 0.601. The Bertz CT molecular complexity index is 610. The zero-order valence-electron chi connectivity index (χ0n) is 12.8. The summed E-state index contributed by atoms with van der Waals surface area (Å²) in [6.07, 6.45) is 2.55. The van der Waals surface area contributed by atoms with Gasteiger partial charge in [-0.05, 0) is 56.6 Å². The molecule has 0 saturated carbocycles. The van der Waals surface area contributed by atoms with Gasteiger partial charge in [-0.15, -0.1) is 0 Å². The van der Waals surface area contributed by atoms with Gasteiger partial charge in [0.1, 0.15) is 0 Å². The van der Waals surface area contributed by atoms with Crippen LogP contribution in [-0.2, 0) is 21.4 Å². The van der Waals surface area contributed by atoms with Gasteiger partial charge in [-0.3, -0.25) is 4.79 Å². The lowest BCUT2D eigenvalue weighted by molar-refractivity contribution is -0.121. The first-order chi connectivity index (χ1) is 10.5. The van der Waals surface area contributed by atoms with E-state index in [1.807, 2.05) is 0 Å². The Balaban J connectivity index is 1.83. The van der Waals surface area contributed by atoms with Gasteiger partial charge in [0.05, 0.1) is 4.90 Å². The molecule has 0 bridgehead atoms. The zero-order chi connectivity index (χ0) is 16.0. The molecule has 1 unspecified atom stereocenters. The molecule has 1 saturated heterocycles. The molecule has 1 heterocycles. The summed E-state index contributed by atoms with van der Waals surface area (Å²) in [7, 11) is -2.07. The molecule has 22 heavy (non-hydrogen) atoms. The summed E-state index contributed by atoms with van der Waals surface area (Å²) < 4.78 is 25.8. The van der Waals surface area contributed by atoms with Gasteiger partial charge in [-0.2, -0.15) is 0 Å². The van der Waals surface area contributed by atoms with Gasteiger partial charge >= 0.3 is 0 Å². The summed E-state index contributed by atoms with van der Waals surface area (Å²) in [6, 6.07) is 6.59. The SMILES string of the molecule is CNS(=O)(=O)c1cccc(CNC(=O)CCC2CCNC2)c1. The van der Waals surface area contributed by atoms with E-state index in [-0.39, 0.29) is 10.8 Å². The summed E-state index contributed by atoms with van der Waals surface area (Å²) in [5, 5.41) is 6.13. The Morgan fingerprint density at radius 2 is 2.23 bits per heavy atom. The van der Waals surface area contributed by atoms with Crippen molar-refractivity contribution >= 4 is 15.9 Å². The summed E-state index contributed by atoms with van der Waals surface area (Å²) in [5.74, 6) is 0.601. The van der Waals surface area contributed by atoms with Gasteiger partial charge in [-0.25, -0.2) is 13.1 Å². The molecule has 122 valence electrons. The van der Waals surface area contributed by atoms with Crippen molar-refractivity contribution in [3.63, 3.8) is 0 Å². The van der Waals surface area contributed by atoms with E-state index in [4.69, 9.17) is 0 Å². The number of carbonyl (C=O) groups excluding carboxylic acids is 1. The van der Waals surface area contributed by atoms with Crippen molar-refractivity contribution in [3.8, 4) is 0 Å². The van der Waals surface area contributed by atoms with Crippen molar-refractivity contribution in [3.05, 3.63) is 29.8 Å². The van der Waals surface area contributed by atoms with E-state index >= 15 is 0 Å². The highest BCUT2D eigenvalue weighted by Crippen LogP contribution is 2.14. The molecule has 1 aliphatic rings. The molecule has 0 aromatic heterocycles. The van der Waals surface area contributed by atoms with E-state index < -0.39 is 10.0 Å². The number of hydrogen-bond acceptors (Lipinski definition) is 4. The first-order valence-electron chi connectivity index (χ1n) is 7.51. The van der Waals surface area contributed by atoms with Crippen molar-refractivity contribution in [1.29, 1.82) is 0 Å². The van der Waals surface area contributed by atoms with Crippen molar-refractivity contribution < 1.29 is 13.2 Å². The molecule has 0 spiro atoms. The number of benzene rings is 1. The third-order valence-corrected chi connectivity index (χ3v) is 5.32. The van der Waals surface area contributed by atoms with Crippen molar-refractivity contribution in [1.82, 2.24) is 15.4 Å². The molecule has 7 heteroatoms. The van der Waals surface area contributed by atoms with Crippen LogP contribution in [0.25, 0.3) is 0 Å². The van der Waals surface area contributed by atoms with Crippen LogP contribution in [0.15, 0.2) is 29.2 Å². The van der Waals surface area contributed by atoms with Crippen molar-refractivity contribution in [2.75, 3.05) is 20.1 Å². The van der Waals surface area contributed by atoms with Gasteiger partial charge in [0.2, 0.25) is 15.9 Å². The third-order valence-electron chi connectivity index (χ3n) is 3.91. The van der Waals surface area contributed by atoms with Crippen LogP contribution < -0.4 is 15.4 Å². The van der Waals surface area contributed by atoms with E-state index in [0.29, 0.717) is 18.9 Å². The topological polar surface area (TPSA) is 87.3 Å². The van der Waals surface area contributed by atoms with Crippen molar-refractivity contribution in [2.45, 2.75) is 30.7 Å². The molecule has 1 aromatic carbocycles. The lowest BCUT2D eigenvalue weighted by Crippen LogP contribution is -2.24. The van der Waals surface area contributed by atoms with Crippen LogP contribution in [0.5, 0.6) is 0 Å². The average molecular weight is 325 g/mol. The van der Waals surface area contributed by atoms with Gasteiger partial charge in [-0.1, -0.05) is 12.1 Å². The Labute approximate surface area is 131 Å². The van der Waals surface area contributed by atoms with E-state index in [0.717, 1.165) is 31.5 Å². The Hall–Kier alpha value is -1.44. The minimum absolute atomic E-state index is 0.00813.